The third-order valence-electron chi connectivity index (χ3n) is 7.90. The Bertz CT molecular complexity index is 1790. The van der Waals surface area contributed by atoms with Crippen molar-refractivity contribution in [2.75, 3.05) is 12.8 Å². The maximum absolute atomic E-state index is 13.3. The number of carbonyl (C=O) groups excluding carboxylic acids is 2. The Morgan fingerprint density at radius 3 is 2.67 bits per heavy atom. The van der Waals surface area contributed by atoms with Crippen molar-refractivity contribution < 1.29 is 32.3 Å². The van der Waals surface area contributed by atoms with Crippen LogP contribution in [0.3, 0.4) is 0 Å². The van der Waals surface area contributed by atoms with Crippen molar-refractivity contribution in [3.8, 4) is 0 Å². The van der Waals surface area contributed by atoms with Crippen LogP contribution < -0.4 is 5.32 Å². The van der Waals surface area contributed by atoms with Crippen LogP contribution in [0, 0.1) is 0 Å². The van der Waals surface area contributed by atoms with Gasteiger partial charge < -0.3 is 19.7 Å². The van der Waals surface area contributed by atoms with E-state index in [1.54, 1.807) is 54.5 Å². The van der Waals surface area contributed by atoms with Gasteiger partial charge in [-0.2, -0.15) is 0 Å². The Kier molecular flexibility index (Phi) is 8.00. The average molecular weight is 632 g/mol. The number of hydrogen-bond acceptors (Lipinski definition) is 6. The van der Waals surface area contributed by atoms with Crippen molar-refractivity contribution in [2.45, 2.75) is 43.5 Å². The normalized spacial score (nSPS) is 19.2. The highest BCUT2D eigenvalue weighted by Crippen LogP contribution is 2.36. The number of amides is 2. The minimum absolute atomic E-state index is 0.0242. The number of allylic oxidation sites excluding steroid dienone is 2. The molecule has 1 aromatic heterocycles. The summed E-state index contributed by atoms with van der Waals surface area (Å²) in [5, 5.41) is 13.4. The number of carbonyl (C=O) groups is 3. The number of hydrogen-bond donors (Lipinski definition) is 2. The van der Waals surface area contributed by atoms with Crippen LogP contribution >= 0.6 is 23.2 Å². The molecule has 0 fully saturated rings. The number of sulfone groups is 1. The molecule has 0 unspecified atom stereocenters. The van der Waals surface area contributed by atoms with Crippen LogP contribution in [0.15, 0.2) is 64.8 Å². The molecule has 0 saturated carbocycles. The number of nitrogens with one attached hydrogen (secondary N) is 1. The van der Waals surface area contributed by atoms with E-state index in [-0.39, 0.29) is 40.9 Å². The van der Waals surface area contributed by atoms with Crippen LogP contribution in [0.4, 0.5) is 0 Å². The average Bonchev–Trinajstić information content (AvgIpc) is 3.39. The molecule has 0 spiro atoms. The van der Waals surface area contributed by atoms with Gasteiger partial charge in [-0.05, 0) is 61.6 Å². The first-order chi connectivity index (χ1) is 19.8. The van der Waals surface area contributed by atoms with E-state index in [2.05, 4.69) is 5.32 Å². The van der Waals surface area contributed by atoms with Crippen molar-refractivity contribution in [1.29, 1.82) is 0 Å². The van der Waals surface area contributed by atoms with E-state index in [0.717, 1.165) is 11.6 Å². The zero-order chi connectivity index (χ0) is 30.4. The highest BCUT2D eigenvalue weighted by molar-refractivity contribution is 7.92. The molecule has 0 saturated heterocycles. The van der Waals surface area contributed by atoms with E-state index < -0.39 is 32.5 Å². The molecule has 2 atom stereocenters. The van der Waals surface area contributed by atoms with Gasteiger partial charge in [-0.1, -0.05) is 53.1 Å². The topological polar surface area (TPSA) is 134 Å². The summed E-state index contributed by atoms with van der Waals surface area (Å²) in [5.74, 6) is -2.23. The Morgan fingerprint density at radius 1 is 1.19 bits per heavy atom. The van der Waals surface area contributed by atoms with Gasteiger partial charge in [0.15, 0.2) is 9.84 Å². The minimum atomic E-state index is -3.46. The van der Waals surface area contributed by atoms with E-state index in [4.69, 9.17) is 27.6 Å². The van der Waals surface area contributed by atoms with Crippen molar-refractivity contribution in [3.63, 3.8) is 0 Å². The first kappa shape index (κ1) is 29.9. The molecule has 1 aliphatic heterocycles. The smallest absolute Gasteiger partial charge is 0.326 e. The van der Waals surface area contributed by atoms with Gasteiger partial charge in [0.05, 0.1) is 26.6 Å². The lowest BCUT2D eigenvalue weighted by molar-refractivity contribution is -0.139. The van der Waals surface area contributed by atoms with Crippen LogP contribution in [-0.2, 0) is 27.6 Å². The highest BCUT2D eigenvalue weighted by Gasteiger charge is 2.37. The number of nitrogens with zero attached hydrogens (tertiary/aromatic N) is 1. The first-order valence-corrected chi connectivity index (χ1v) is 15.8. The summed E-state index contributed by atoms with van der Waals surface area (Å²) < 4.78 is 28.8. The van der Waals surface area contributed by atoms with Gasteiger partial charge in [0, 0.05) is 30.3 Å². The van der Waals surface area contributed by atoms with Gasteiger partial charge in [0.2, 0.25) is 0 Å². The Labute approximate surface area is 252 Å². The summed E-state index contributed by atoms with van der Waals surface area (Å²) in [4.78, 5) is 40.3. The maximum atomic E-state index is 13.3. The molecule has 2 heterocycles. The van der Waals surface area contributed by atoms with Crippen molar-refractivity contribution in [2.24, 2.45) is 0 Å². The second kappa shape index (κ2) is 11.2. The molecule has 2 aliphatic rings. The van der Waals surface area contributed by atoms with E-state index in [9.17, 15) is 27.9 Å². The fraction of sp³-hybridized carbons (Fsp3) is 0.300. The van der Waals surface area contributed by atoms with E-state index in [0.29, 0.717) is 40.8 Å². The van der Waals surface area contributed by atoms with Crippen LogP contribution in [0.25, 0.3) is 11.0 Å². The molecule has 3 aromatic rings. The zero-order valence-corrected chi connectivity index (χ0v) is 25.1. The molecule has 1 aliphatic carbocycles. The number of halogens is 2. The lowest BCUT2D eigenvalue weighted by Crippen LogP contribution is -2.42. The van der Waals surface area contributed by atoms with Crippen molar-refractivity contribution in [3.05, 3.63) is 92.7 Å². The maximum Gasteiger partial charge on any atom is 0.326 e. The number of carboxylic acid groups (broad SMARTS) is 1. The molecule has 2 N–H and O–H groups in total. The third kappa shape index (κ3) is 5.71. The van der Waals surface area contributed by atoms with Crippen LogP contribution in [-0.4, -0.2) is 59.8 Å². The molecule has 2 aromatic carbocycles. The van der Waals surface area contributed by atoms with Crippen LogP contribution in [0.5, 0.6) is 0 Å². The van der Waals surface area contributed by atoms with Crippen molar-refractivity contribution in [1.82, 2.24) is 10.2 Å². The molecular formula is C30H28Cl2N2O7S. The molecule has 0 bridgehead atoms. The second-order valence-electron chi connectivity index (χ2n) is 10.8. The monoisotopic (exact) mass is 630 g/mol. The molecule has 5 rings (SSSR count). The van der Waals surface area contributed by atoms with Gasteiger partial charge in [0.1, 0.15) is 11.6 Å². The summed E-state index contributed by atoms with van der Waals surface area (Å²) in [7, 11) is -3.46. The number of aliphatic carboxylic acids is 1. The summed E-state index contributed by atoms with van der Waals surface area (Å²) in [6.07, 6.45) is 7.88. The van der Waals surface area contributed by atoms with E-state index >= 15 is 0 Å². The SMILES string of the molecule is C[C@@]1(S(C)(=O)=O)C=CC=C(C[C@H](NC(=O)c2c(Cl)cc3c(c2Cl)CCN(C(=O)c2ccc4ccoc4c2)C3)C(=O)O)C1. The fourth-order valence-corrected chi connectivity index (χ4v) is 6.88. The predicted molar refractivity (Wildman–Crippen MR) is 160 cm³/mol. The summed E-state index contributed by atoms with van der Waals surface area (Å²) in [5.41, 5.74) is 2.96. The van der Waals surface area contributed by atoms with E-state index in [1.807, 2.05) is 12.1 Å². The molecule has 0 radical (unpaired) electrons. The van der Waals surface area contributed by atoms with Gasteiger partial charge >= 0.3 is 5.97 Å². The molecular weight excluding hydrogens is 603 g/mol. The number of fused-ring (bicyclic) bond motifs is 2. The third-order valence-corrected chi connectivity index (χ3v) is 10.6. The molecule has 220 valence electrons. The largest absolute Gasteiger partial charge is 0.480 e. The van der Waals surface area contributed by atoms with Gasteiger partial charge in [0.25, 0.3) is 11.8 Å². The highest BCUT2D eigenvalue weighted by atomic mass is 35.5. The molecule has 2 amide bonds. The summed E-state index contributed by atoms with van der Waals surface area (Å²) in [6.45, 7) is 2.15. The van der Waals surface area contributed by atoms with Crippen LogP contribution in [0.2, 0.25) is 10.0 Å². The fourth-order valence-electron chi connectivity index (χ4n) is 5.35. The van der Waals surface area contributed by atoms with Crippen molar-refractivity contribution >= 4 is 61.8 Å². The number of furan rings is 1. The Morgan fingerprint density at radius 2 is 1.95 bits per heavy atom. The Hall–Kier alpha value is -3.60. The Balaban J connectivity index is 1.33. The summed E-state index contributed by atoms with van der Waals surface area (Å²) >= 11 is 13.2. The standard InChI is InChI=1S/C30H28Cl2N2O7S/c1-30(42(2,39)40)9-3-4-17(15-30)12-23(29(37)38)33-27(35)25-22(31)13-20-16-34(10-7-21(20)26(25)32)28(36)19-6-5-18-8-11-41-24(18)14-19/h3-6,8-9,11,13-14,23H,7,10,12,15-16H2,1-2H3,(H,33,35)(H,37,38)/t23-,30+/m0/s1. The molecule has 9 nitrogen and oxygen atoms in total. The summed E-state index contributed by atoms with van der Waals surface area (Å²) in [6, 6.07) is 7.30. The number of benzene rings is 2. The zero-order valence-electron chi connectivity index (χ0n) is 22.8. The van der Waals surface area contributed by atoms with Gasteiger partial charge in [-0.15, -0.1) is 0 Å². The van der Waals surface area contributed by atoms with Gasteiger partial charge in [-0.3, -0.25) is 9.59 Å². The lowest BCUT2D eigenvalue weighted by atomic mass is 9.90. The minimum Gasteiger partial charge on any atom is -0.480 e. The first-order valence-electron chi connectivity index (χ1n) is 13.1. The number of rotatable bonds is 7. The predicted octanol–water partition coefficient (Wildman–Crippen LogP) is 5.20. The van der Waals surface area contributed by atoms with Crippen LogP contribution in [0.1, 0.15) is 51.6 Å². The molecule has 12 heteroatoms. The number of carboxylic acids is 1. The second-order valence-corrected chi connectivity index (χ2v) is 14.1. The lowest BCUT2D eigenvalue weighted by Gasteiger charge is -2.31. The molecule has 42 heavy (non-hydrogen) atoms. The van der Waals surface area contributed by atoms with E-state index in [1.165, 1.54) is 0 Å². The quantitative estimate of drug-likeness (QED) is 0.366. The van der Waals surface area contributed by atoms with Gasteiger partial charge in [-0.25, -0.2) is 13.2 Å².